The van der Waals surface area contributed by atoms with Crippen LogP contribution in [0.1, 0.15) is 32.3 Å². The number of nitrogens with zero attached hydrogens (tertiary/aromatic N) is 1. The summed E-state index contributed by atoms with van der Waals surface area (Å²) in [6.45, 7) is 8.79. The Morgan fingerprint density at radius 1 is 1.22 bits per heavy atom. The topological polar surface area (TPSA) is 35.5 Å². The third-order valence-corrected chi connectivity index (χ3v) is 4.15. The first kappa shape index (κ1) is 13.4. The summed E-state index contributed by atoms with van der Waals surface area (Å²) >= 11 is 0. The fourth-order valence-corrected chi connectivity index (χ4v) is 2.76. The molecule has 100 valence electrons. The van der Waals surface area contributed by atoms with Gasteiger partial charge in [-0.1, -0.05) is 26.0 Å². The molecule has 0 aliphatic carbocycles. The van der Waals surface area contributed by atoms with Crippen molar-refractivity contribution in [1.29, 1.82) is 0 Å². The highest BCUT2D eigenvalue weighted by atomic mass is 16.3. The number of aromatic hydroxyl groups is 1. The van der Waals surface area contributed by atoms with Crippen LogP contribution in [0.25, 0.3) is 0 Å². The zero-order valence-electron chi connectivity index (χ0n) is 11.4. The van der Waals surface area contributed by atoms with Gasteiger partial charge >= 0.3 is 0 Å². The lowest BCUT2D eigenvalue weighted by atomic mass is 9.90. The van der Waals surface area contributed by atoms with E-state index in [1.807, 2.05) is 12.1 Å². The molecule has 0 saturated carbocycles. The van der Waals surface area contributed by atoms with Crippen molar-refractivity contribution in [3.63, 3.8) is 0 Å². The molecule has 1 aliphatic rings. The summed E-state index contributed by atoms with van der Waals surface area (Å²) in [6, 6.07) is 7.56. The minimum absolute atomic E-state index is 0.287. The van der Waals surface area contributed by atoms with Crippen LogP contribution < -0.4 is 5.32 Å². The Morgan fingerprint density at radius 2 is 1.89 bits per heavy atom. The minimum Gasteiger partial charge on any atom is -0.508 e. The first-order valence-electron chi connectivity index (χ1n) is 6.93. The van der Waals surface area contributed by atoms with Crippen LogP contribution in [0.5, 0.6) is 5.75 Å². The lowest BCUT2D eigenvalue weighted by molar-refractivity contribution is 0.118. The van der Waals surface area contributed by atoms with Crippen LogP contribution in [0, 0.1) is 0 Å². The van der Waals surface area contributed by atoms with E-state index in [1.165, 1.54) is 18.4 Å². The van der Waals surface area contributed by atoms with E-state index in [-0.39, 0.29) is 5.54 Å². The van der Waals surface area contributed by atoms with E-state index in [2.05, 4.69) is 24.1 Å². The van der Waals surface area contributed by atoms with Crippen LogP contribution in [0.2, 0.25) is 0 Å². The summed E-state index contributed by atoms with van der Waals surface area (Å²) < 4.78 is 0. The maximum absolute atomic E-state index is 9.30. The largest absolute Gasteiger partial charge is 0.508 e. The van der Waals surface area contributed by atoms with E-state index in [9.17, 15) is 5.11 Å². The Labute approximate surface area is 110 Å². The summed E-state index contributed by atoms with van der Waals surface area (Å²) in [5.41, 5.74) is 1.56. The van der Waals surface area contributed by atoms with Crippen molar-refractivity contribution in [1.82, 2.24) is 10.2 Å². The standard InChI is InChI=1S/C15H24N2O/c1-3-15(4-2)12-17(10-9-16-15)11-13-5-7-14(18)8-6-13/h5-8,16,18H,3-4,9-12H2,1-2H3. The molecule has 1 fully saturated rings. The quantitative estimate of drug-likeness (QED) is 0.858. The van der Waals surface area contributed by atoms with Gasteiger partial charge in [0.05, 0.1) is 0 Å². The molecule has 0 bridgehead atoms. The number of rotatable bonds is 4. The van der Waals surface area contributed by atoms with Crippen LogP contribution in [0.15, 0.2) is 24.3 Å². The predicted octanol–water partition coefficient (Wildman–Crippen LogP) is 2.36. The van der Waals surface area contributed by atoms with Gasteiger partial charge in [0, 0.05) is 31.7 Å². The number of hydrogen-bond donors (Lipinski definition) is 2. The van der Waals surface area contributed by atoms with E-state index in [1.54, 1.807) is 12.1 Å². The second-order valence-electron chi connectivity index (χ2n) is 5.29. The molecule has 0 unspecified atom stereocenters. The zero-order valence-corrected chi connectivity index (χ0v) is 11.4. The smallest absolute Gasteiger partial charge is 0.115 e. The van der Waals surface area contributed by atoms with Gasteiger partial charge in [0.15, 0.2) is 0 Å². The van der Waals surface area contributed by atoms with Crippen LogP contribution >= 0.6 is 0 Å². The summed E-state index contributed by atoms with van der Waals surface area (Å²) in [6.07, 6.45) is 2.35. The monoisotopic (exact) mass is 248 g/mol. The zero-order chi connectivity index (χ0) is 13.0. The molecule has 3 heteroatoms. The Bertz CT molecular complexity index is 371. The molecule has 1 aromatic carbocycles. The molecule has 1 aliphatic heterocycles. The SMILES string of the molecule is CCC1(CC)CN(Cc2ccc(O)cc2)CCN1. The summed E-state index contributed by atoms with van der Waals surface area (Å²) in [5, 5.41) is 13.0. The highest BCUT2D eigenvalue weighted by Gasteiger charge is 2.31. The van der Waals surface area contributed by atoms with E-state index in [0.717, 1.165) is 26.2 Å². The molecule has 0 aromatic heterocycles. The average molecular weight is 248 g/mol. The highest BCUT2D eigenvalue weighted by molar-refractivity contribution is 5.25. The maximum atomic E-state index is 9.30. The number of phenolic OH excluding ortho intramolecular Hbond substituents is 1. The van der Waals surface area contributed by atoms with E-state index < -0.39 is 0 Å². The predicted molar refractivity (Wildman–Crippen MR) is 74.7 cm³/mol. The van der Waals surface area contributed by atoms with Crippen LogP contribution in [-0.4, -0.2) is 35.2 Å². The molecular formula is C15H24N2O. The first-order valence-corrected chi connectivity index (χ1v) is 6.93. The normalized spacial score (nSPS) is 19.9. The third-order valence-electron chi connectivity index (χ3n) is 4.15. The van der Waals surface area contributed by atoms with Crippen molar-refractivity contribution in [2.75, 3.05) is 19.6 Å². The molecule has 2 rings (SSSR count). The molecule has 0 radical (unpaired) electrons. The van der Waals surface area contributed by atoms with Gasteiger partial charge in [0.25, 0.3) is 0 Å². The molecule has 3 nitrogen and oxygen atoms in total. The van der Waals surface area contributed by atoms with Gasteiger partial charge in [-0.2, -0.15) is 0 Å². The minimum atomic E-state index is 0.287. The Hall–Kier alpha value is -1.06. The lowest BCUT2D eigenvalue weighted by Crippen LogP contribution is -2.59. The summed E-state index contributed by atoms with van der Waals surface area (Å²) in [7, 11) is 0. The van der Waals surface area contributed by atoms with Gasteiger partial charge < -0.3 is 10.4 Å². The Balaban J connectivity index is 1.99. The second kappa shape index (κ2) is 5.72. The maximum Gasteiger partial charge on any atom is 0.115 e. The van der Waals surface area contributed by atoms with E-state index >= 15 is 0 Å². The van der Waals surface area contributed by atoms with Gasteiger partial charge in [-0.05, 0) is 30.5 Å². The molecule has 1 saturated heterocycles. The number of nitrogens with one attached hydrogen (secondary N) is 1. The van der Waals surface area contributed by atoms with E-state index in [0.29, 0.717) is 5.75 Å². The molecule has 0 atom stereocenters. The number of piperazine rings is 1. The molecule has 1 aromatic rings. The molecule has 0 spiro atoms. The average Bonchev–Trinajstić information content (AvgIpc) is 2.41. The third kappa shape index (κ3) is 3.03. The number of hydrogen-bond acceptors (Lipinski definition) is 3. The highest BCUT2D eigenvalue weighted by Crippen LogP contribution is 2.21. The van der Waals surface area contributed by atoms with Gasteiger partial charge in [0.2, 0.25) is 0 Å². The lowest BCUT2D eigenvalue weighted by Gasteiger charge is -2.43. The molecular weight excluding hydrogens is 224 g/mol. The van der Waals surface area contributed by atoms with Gasteiger partial charge in [-0.25, -0.2) is 0 Å². The van der Waals surface area contributed by atoms with Gasteiger partial charge in [0.1, 0.15) is 5.75 Å². The van der Waals surface area contributed by atoms with Gasteiger partial charge in [-0.15, -0.1) is 0 Å². The summed E-state index contributed by atoms with van der Waals surface area (Å²) in [4.78, 5) is 2.51. The molecule has 18 heavy (non-hydrogen) atoms. The number of benzene rings is 1. The van der Waals surface area contributed by atoms with Crippen molar-refractivity contribution in [2.45, 2.75) is 38.8 Å². The van der Waals surface area contributed by atoms with Crippen molar-refractivity contribution in [2.24, 2.45) is 0 Å². The van der Waals surface area contributed by atoms with Crippen molar-refractivity contribution >= 4 is 0 Å². The van der Waals surface area contributed by atoms with Crippen molar-refractivity contribution in [3.8, 4) is 5.75 Å². The molecule has 0 amide bonds. The van der Waals surface area contributed by atoms with E-state index in [4.69, 9.17) is 0 Å². The van der Waals surface area contributed by atoms with Crippen LogP contribution in [0.4, 0.5) is 0 Å². The summed E-state index contributed by atoms with van der Waals surface area (Å²) in [5.74, 6) is 0.343. The Morgan fingerprint density at radius 3 is 2.50 bits per heavy atom. The Kier molecular flexibility index (Phi) is 4.25. The van der Waals surface area contributed by atoms with Crippen LogP contribution in [-0.2, 0) is 6.54 Å². The second-order valence-corrected chi connectivity index (χ2v) is 5.29. The first-order chi connectivity index (χ1) is 8.67. The fourth-order valence-electron chi connectivity index (χ4n) is 2.76. The fraction of sp³-hybridized carbons (Fsp3) is 0.600. The molecule has 2 N–H and O–H groups in total. The van der Waals surface area contributed by atoms with Gasteiger partial charge in [-0.3, -0.25) is 4.90 Å². The van der Waals surface area contributed by atoms with Crippen molar-refractivity contribution < 1.29 is 5.11 Å². The van der Waals surface area contributed by atoms with Crippen molar-refractivity contribution in [3.05, 3.63) is 29.8 Å². The number of phenols is 1. The van der Waals surface area contributed by atoms with Crippen LogP contribution in [0.3, 0.4) is 0 Å². The molecule has 1 heterocycles.